The molecule has 0 aromatic rings. The van der Waals surface area contributed by atoms with Crippen LogP contribution in [0.3, 0.4) is 0 Å². The number of hydrogen-bond acceptors (Lipinski definition) is 2. The second-order valence-corrected chi connectivity index (χ2v) is 6.47. The molecule has 0 aliphatic carbocycles. The van der Waals surface area contributed by atoms with Crippen LogP contribution in [0.4, 0.5) is 74.6 Å². The Morgan fingerprint density at radius 3 is 0.828 bits per heavy atom. The first kappa shape index (κ1) is 27.7. The first-order chi connectivity index (χ1) is 12.0. The fraction of sp³-hybridized carbons (Fsp3) is 1.00. The molecule has 29 heavy (non-hydrogen) atoms. The van der Waals surface area contributed by atoms with Gasteiger partial charge in [0.2, 0.25) is 0 Å². The second-order valence-electron chi connectivity index (χ2n) is 4.95. The van der Waals surface area contributed by atoms with Gasteiger partial charge in [-0.3, -0.25) is 4.55 Å². The van der Waals surface area contributed by atoms with E-state index in [4.69, 9.17) is 4.55 Å². The van der Waals surface area contributed by atoms with Gasteiger partial charge in [0.25, 0.3) is 0 Å². The van der Waals surface area contributed by atoms with E-state index in [9.17, 15) is 83.1 Å². The molecule has 0 aromatic carbocycles. The maximum atomic E-state index is 13.9. The van der Waals surface area contributed by atoms with Crippen molar-refractivity contribution >= 4 is 10.1 Å². The zero-order valence-corrected chi connectivity index (χ0v) is 12.9. The third-order valence-electron chi connectivity index (χ3n) is 3.20. The highest BCUT2D eigenvalue weighted by atomic mass is 32.2. The van der Waals surface area contributed by atoms with Crippen LogP contribution in [0.15, 0.2) is 0 Å². The van der Waals surface area contributed by atoms with Crippen LogP contribution < -0.4 is 0 Å². The van der Waals surface area contributed by atoms with E-state index in [0.717, 1.165) is 0 Å². The molecule has 3 nitrogen and oxygen atoms in total. The summed E-state index contributed by atoms with van der Waals surface area (Å²) in [6.07, 6.45) is -33.8. The van der Waals surface area contributed by atoms with Gasteiger partial charge in [-0.1, -0.05) is 0 Å². The topological polar surface area (TPSA) is 54.4 Å². The Bertz CT molecular complexity index is 712. The molecule has 0 saturated heterocycles. The van der Waals surface area contributed by atoms with Gasteiger partial charge >= 0.3 is 57.1 Å². The number of halogens is 17. The number of alkyl halides is 17. The molecule has 0 bridgehead atoms. The summed E-state index contributed by atoms with van der Waals surface area (Å²) in [6, 6.07) is 0. The van der Waals surface area contributed by atoms with Crippen LogP contribution in [0.2, 0.25) is 0 Å². The lowest BCUT2D eigenvalue weighted by atomic mass is 9.79. The molecule has 0 aliphatic rings. The summed E-state index contributed by atoms with van der Waals surface area (Å²) in [6.45, 7) is 0. The lowest BCUT2D eigenvalue weighted by Gasteiger charge is -2.47. The van der Waals surface area contributed by atoms with E-state index in [2.05, 4.69) is 0 Å². The molecule has 0 rings (SSSR count). The fourth-order valence-corrected chi connectivity index (χ4v) is 2.73. The van der Waals surface area contributed by atoms with Crippen LogP contribution in [0, 0.1) is 0 Å². The van der Waals surface area contributed by atoms with E-state index >= 15 is 0 Å². The molecule has 2 atom stereocenters. The summed E-state index contributed by atoms with van der Waals surface area (Å²) >= 11 is 0. The average Bonchev–Trinajstić information content (AvgIpc) is 2.37. The Morgan fingerprint density at radius 1 is 0.448 bits per heavy atom. The molecule has 176 valence electrons. The predicted molar refractivity (Wildman–Crippen MR) is 52.2 cm³/mol. The fourth-order valence-electron chi connectivity index (χ4n) is 1.84. The van der Waals surface area contributed by atoms with E-state index in [1.807, 2.05) is 0 Å². The highest BCUT2D eigenvalue weighted by Gasteiger charge is 3.01. The quantitative estimate of drug-likeness (QED) is 0.444. The summed E-state index contributed by atoms with van der Waals surface area (Å²) in [5.41, 5.74) is -18.2. The Morgan fingerprint density at radius 2 is 0.690 bits per heavy atom. The normalized spacial score (nSPS) is 20.2. The van der Waals surface area contributed by atoms with E-state index in [1.54, 1.807) is 0 Å². The molecule has 0 spiro atoms. The molecular formula is C8HF17O3S. The first-order valence-electron chi connectivity index (χ1n) is 5.68. The molecule has 0 aliphatic heterocycles. The Labute approximate surface area is 146 Å². The van der Waals surface area contributed by atoms with Crippen molar-refractivity contribution in [1.29, 1.82) is 0 Å². The van der Waals surface area contributed by atoms with Gasteiger partial charge in [-0.2, -0.15) is 69.9 Å². The first-order valence-corrected chi connectivity index (χ1v) is 7.12. The van der Waals surface area contributed by atoms with Crippen LogP contribution in [-0.2, 0) is 10.1 Å². The summed E-state index contributed by atoms with van der Waals surface area (Å²) in [7, 11) is -8.67. The standard InChI is InChI=1S/C8HF17O3S/c9-1(5(14,15)16,4(13,8(23,24)25)29(26,27)28)3(11,12)2(10,6(17,18)19)7(20,21)22/h(H,26,27,28). The van der Waals surface area contributed by atoms with Gasteiger partial charge in [-0.05, 0) is 0 Å². The minimum absolute atomic E-state index is 7.92. The third kappa shape index (κ3) is 3.26. The van der Waals surface area contributed by atoms with Gasteiger partial charge in [0, 0.05) is 0 Å². The van der Waals surface area contributed by atoms with Crippen LogP contribution in [0.5, 0.6) is 0 Å². The molecule has 0 amide bonds. The van der Waals surface area contributed by atoms with Gasteiger partial charge in [-0.25, -0.2) is 13.2 Å². The zero-order valence-electron chi connectivity index (χ0n) is 12.1. The monoisotopic (exact) mass is 500 g/mol. The van der Waals surface area contributed by atoms with E-state index in [1.165, 1.54) is 0 Å². The van der Waals surface area contributed by atoms with Crippen molar-refractivity contribution in [3.8, 4) is 0 Å². The van der Waals surface area contributed by atoms with E-state index < -0.39 is 57.1 Å². The summed E-state index contributed by atoms with van der Waals surface area (Å²) in [5.74, 6) is -9.28. The molecule has 0 saturated carbocycles. The SMILES string of the molecule is O=S(=O)(O)C(F)(C(F)(F)F)C(F)(C(F)(F)F)C(F)(F)C(F)(C(F)(F)F)C(F)(F)F. The predicted octanol–water partition coefficient (Wildman–Crippen LogP) is 4.84. The molecule has 0 aromatic heterocycles. The summed E-state index contributed by atoms with van der Waals surface area (Å²) in [5, 5.41) is -8.66. The van der Waals surface area contributed by atoms with E-state index in [0.29, 0.717) is 0 Å². The second kappa shape index (κ2) is 6.36. The average molecular weight is 500 g/mol. The molecule has 2 unspecified atom stereocenters. The van der Waals surface area contributed by atoms with Gasteiger partial charge in [0.1, 0.15) is 0 Å². The van der Waals surface area contributed by atoms with Crippen molar-refractivity contribution in [3.05, 3.63) is 0 Å². The molecule has 21 heteroatoms. The smallest absolute Gasteiger partial charge is 0.283 e. The molecule has 1 N–H and O–H groups in total. The van der Waals surface area contributed by atoms with Crippen molar-refractivity contribution in [2.24, 2.45) is 0 Å². The Balaban J connectivity index is 7.93. The van der Waals surface area contributed by atoms with Crippen LogP contribution in [0.1, 0.15) is 0 Å². The largest absolute Gasteiger partial charge is 0.443 e. The van der Waals surface area contributed by atoms with E-state index in [-0.39, 0.29) is 0 Å². The molecule has 0 heterocycles. The maximum Gasteiger partial charge on any atom is 0.443 e. The maximum absolute atomic E-state index is 13.9. The summed E-state index contributed by atoms with van der Waals surface area (Å²) < 4.78 is 246. The lowest BCUT2D eigenvalue weighted by Crippen LogP contribution is -2.82. The van der Waals surface area contributed by atoms with Crippen LogP contribution >= 0.6 is 0 Å². The van der Waals surface area contributed by atoms with Crippen LogP contribution in [-0.4, -0.2) is 59.9 Å². The van der Waals surface area contributed by atoms with Crippen molar-refractivity contribution < 1.29 is 87.6 Å². The minimum atomic E-state index is -9.28. The van der Waals surface area contributed by atoms with Gasteiger partial charge in [0.05, 0.1) is 0 Å². The lowest BCUT2D eigenvalue weighted by molar-refractivity contribution is -0.454. The van der Waals surface area contributed by atoms with Crippen molar-refractivity contribution in [2.75, 3.05) is 0 Å². The highest BCUT2D eigenvalue weighted by molar-refractivity contribution is 7.87. The molecule has 0 radical (unpaired) electrons. The van der Waals surface area contributed by atoms with Crippen molar-refractivity contribution in [2.45, 2.75) is 47.0 Å². The van der Waals surface area contributed by atoms with Gasteiger partial charge < -0.3 is 0 Å². The highest BCUT2D eigenvalue weighted by Crippen LogP contribution is 2.67. The summed E-state index contributed by atoms with van der Waals surface area (Å²) in [4.78, 5) is 0. The Hall–Kier alpha value is -1.28. The molecule has 0 fully saturated rings. The van der Waals surface area contributed by atoms with Crippen LogP contribution in [0.25, 0.3) is 0 Å². The minimum Gasteiger partial charge on any atom is -0.283 e. The molecular weight excluding hydrogens is 499 g/mol. The van der Waals surface area contributed by atoms with Crippen molar-refractivity contribution in [3.63, 3.8) is 0 Å². The zero-order chi connectivity index (χ0) is 24.5. The number of hydrogen-bond donors (Lipinski definition) is 1. The third-order valence-corrected chi connectivity index (χ3v) is 4.42. The van der Waals surface area contributed by atoms with Gasteiger partial charge in [0.15, 0.2) is 0 Å². The number of rotatable bonds is 4. The van der Waals surface area contributed by atoms with Crippen molar-refractivity contribution in [1.82, 2.24) is 0 Å². The van der Waals surface area contributed by atoms with Gasteiger partial charge in [-0.15, -0.1) is 0 Å². The Kier molecular flexibility index (Phi) is 6.08.